The van der Waals surface area contributed by atoms with E-state index in [4.69, 9.17) is 27.9 Å². The summed E-state index contributed by atoms with van der Waals surface area (Å²) in [5.41, 5.74) is 0.735. The van der Waals surface area contributed by atoms with Gasteiger partial charge in [0.2, 0.25) is 0 Å². The molecule has 1 N–H and O–H groups in total. The van der Waals surface area contributed by atoms with Crippen LogP contribution in [0.1, 0.15) is 5.56 Å². The molecule has 0 radical (unpaired) electrons. The molecule has 0 saturated heterocycles. The van der Waals surface area contributed by atoms with Crippen LogP contribution in [-0.2, 0) is 6.61 Å². The van der Waals surface area contributed by atoms with Gasteiger partial charge < -0.3 is 9.84 Å². The summed E-state index contributed by atoms with van der Waals surface area (Å²) >= 11 is 12.0. The maximum absolute atomic E-state index is 9.29. The lowest BCUT2D eigenvalue weighted by molar-refractivity contribution is 0.304. The van der Waals surface area contributed by atoms with Crippen LogP contribution in [0, 0.1) is 0 Å². The van der Waals surface area contributed by atoms with Gasteiger partial charge >= 0.3 is 0 Å². The van der Waals surface area contributed by atoms with E-state index in [0.717, 1.165) is 5.56 Å². The van der Waals surface area contributed by atoms with Gasteiger partial charge in [0.25, 0.3) is 0 Å². The highest BCUT2D eigenvalue weighted by Gasteiger charge is 2.06. The first-order valence-electron chi connectivity index (χ1n) is 5.01. The van der Waals surface area contributed by atoms with Crippen LogP contribution in [0.3, 0.4) is 0 Å². The molecule has 0 atom stereocenters. The Morgan fingerprint density at radius 1 is 1.00 bits per heavy atom. The molecule has 0 heterocycles. The number of aromatic hydroxyl groups is 1. The molecule has 0 aliphatic carbocycles. The van der Waals surface area contributed by atoms with E-state index < -0.39 is 0 Å². The third-order valence-electron chi connectivity index (χ3n) is 2.26. The Morgan fingerprint density at radius 3 is 2.29 bits per heavy atom. The van der Waals surface area contributed by atoms with E-state index in [1.54, 1.807) is 36.4 Å². The summed E-state index contributed by atoms with van der Waals surface area (Å²) in [6.45, 7) is 0.266. The summed E-state index contributed by atoms with van der Waals surface area (Å²) in [6.07, 6.45) is 0. The fourth-order valence-electron chi connectivity index (χ4n) is 1.40. The highest BCUT2D eigenvalue weighted by atomic mass is 35.5. The fraction of sp³-hybridized carbons (Fsp3) is 0.0769. The second-order valence-electron chi connectivity index (χ2n) is 3.49. The van der Waals surface area contributed by atoms with Crippen molar-refractivity contribution in [3.63, 3.8) is 0 Å². The van der Waals surface area contributed by atoms with E-state index in [9.17, 15) is 5.11 Å². The lowest BCUT2D eigenvalue weighted by Gasteiger charge is -2.09. The minimum atomic E-state index is 0.160. The molecule has 2 nitrogen and oxygen atoms in total. The summed E-state index contributed by atoms with van der Waals surface area (Å²) in [5, 5.41) is 10.4. The van der Waals surface area contributed by atoms with E-state index in [0.29, 0.717) is 15.8 Å². The lowest BCUT2D eigenvalue weighted by Crippen LogP contribution is -1.97. The molecule has 0 aliphatic rings. The Balaban J connectivity index is 2.13. The molecule has 2 aromatic carbocycles. The molecule has 4 heteroatoms. The molecule has 2 rings (SSSR count). The number of rotatable bonds is 3. The summed E-state index contributed by atoms with van der Waals surface area (Å²) < 4.78 is 5.51. The van der Waals surface area contributed by atoms with Crippen molar-refractivity contribution < 1.29 is 9.84 Å². The smallest absolute Gasteiger partial charge is 0.123 e. The molecular formula is C13H10Cl2O2. The van der Waals surface area contributed by atoms with Gasteiger partial charge in [-0.3, -0.25) is 0 Å². The van der Waals surface area contributed by atoms with Crippen LogP contribution in [0.2, 0.25) is 10.0 Å². The van der Waals surface area contributed by atoms with Gasteiger partial charge in [-0.25, -0.2) is 0 Å². The summed E-state index contributed by atoms with van der Waals surface area (Å²) in [6, 6.07) is 11.9. The highest BCUT2D eigenvalue weighted by Crippen LogP contribution is 2.26. The second-order valence-corrected chi connectivity index (χ2v) is 4.30. The Hall–Kier alpha value is -1.38. The molecule has 0 saturated carbocycles. The Bertz CT molecular complexity index is 506. The van der Waals surface area contributed by atoms with Crippen LogP contribution in [-0.4, -0.2) is 5.11 Å². The largest absolute Gasteiger partial charge is 0.508 e. The van der Waals surface area contributed by atoms with Gasteiger partial charge in [-0.2, -0.15) is 0 Å². The van der Waals surface area contributed by atoms with Gasteiger partial charge in [0.15, 0.2) is 0 Å². The van der Waals surface area contributed by atoms with Gasteiger partial charge in [-0.1, -0.05) is 35.3 Å². The van der Waals surface area contributed by atoms with E-state index in [1.807, 2.05) is 0 Å². The van der Waals surface area contributed by atoms with Crippen molar-refractivity contribution in [2.75, 3.05) is 0 Å². The van der Waals surface area contributed by atoms with Gasteiger partial charge in [-0.15, -0.1) is 0 Å². The van der Waals surface area contributed by atoms with Crippen molar-refractivity contribution in [1.29, 1.82) is 0 Å². The van der Waals surface area contributed by atoms with Crippen molar-refractivity contribution in [2.24, 2.45) is 0 Å². The average Bonchev–Trinajstić information content (AvgIpc) is 2.28. The van der Waals surface area contributed by atoms with Gasteiger partial charge in [0.05, 0.1) is 0 Å². The maximum Gasteiger partial charge on any atom is 0.123 e. The molecule has 0 aliphatic heterocycles. The van der Waals surface area contributed by atoms with Gasteiger partial charge in [0, 0.05) is 21.7 Å². The maximum atomic E-state index is 9.29. The van der Waals surface area contributed by atoms with Crippen molar-refractivity contribution in [1.82, 2.24) is 0 Å². The Morgan fingerprint density at radius 2 is 1.65 bits per heavy atom. The van der Waals surface area contributed by atoms with Crippen molar-refractivity contribution in [2.45, 2.75) is 6.61 Å². The van der Waals surface area contributed by atoms with E-state index in [2.05, 4.69) is 0 Å². The summed E-state index contributed by atoms with van der Waals surface area (Å²) in [7, 11) is 0. The van der Waals surface area contributed by atoms with E-state index in [-0.39, 0.29) is 12.4 Å². The first kappa shape index (κ1) is 12.1. The molecular weight excluding hydrogens is 259 g/mol. The van der Waals surface area contributed by atoms with Crippen LogP contribution in [0.4, 0.5) is 0 Å². The minimum absolute atomic E-state index is 0.160. The van der Waals surface area contributed by atoms with Crippen LogP contribution >= 0.6 is 23.2 Å². The number of benzene rings is 2. The van der Waals surface area contributed by atoms with E-state index >= 15 is 0 Å². The number of hydrogen-bond acceptors (Lipinski definition) is 2. The molecule has 0 amide bonds. The predicted octanol–water partition coefficient (Wildman–Crippen LogP) is 4.28. The topological polar surface area (TPSA) is 29.5 Å². The van der Waals surface area contributed by atoms with Crippen molar-refractivity contribution in [3.05, 3.63) is 58.1 Å². The van der Waals surface area contributed by atoms with Crippen LogP contribution < -0.4 is 4.74 Å². The summed E-state index contributed by atoms with van der Waals surface area (Å²) in [5.74, 6) is 0.730. The number of phenolic OH excluding ortho intramolecular Hbond substituents is 1. The lowest BCUT2D eigenvalue weighted by atomic mass is 10.2. The molecule has 88 valence electrons. The SMILES string of the molecule is Oc1cccc(OCc2c(Cl)cccc2Cl)c1. The molecule has 0 aromatic heterocycles. The quantitative estimate of drug-likeness (QED) is 0.901. The van der Waals surface area contributed by atoms with Gasteiger partial charge in [0.1, 0.15) is 18.1 Å². The third-order valence-corrected chi connectivity index (χ3v) is 2.97. The Kier molecular flexibility index (Phi) is 3.77. The third kappa shape index (κ3) is 3.05. The second kappa shape index (κ2) is 5.30. The first-order chi connectivity index (χ1) is 8.16. The van der Waals surface area contributed by atoms with Crippen LogP contribution in [0.25, 0.3) is 0 Å². The molecule has 0 unspecified atom stereocenters. The molecule has 0 fully saturated rings. The standard InChI is InChI=1S/C13H10Cl2O2/c14-12-5-2-6-13(15)11(12)8-17-10-4-1-3-9(16)7-10/h1-7,16H,8H2. The number of ether oxygens (including phenoxy) is 1. The van der Waals surface area contributed by atoms with Crippen molar-refractivity contribution >= 4 is 23.2 Å². The molecule has 0 spiro atoms. The predicted molar refractivity (Wildman–Crippen MR) is 68.9 cm³/mol. The first-order valence-corrected chi connectivity index (χ1v) is 5.77. The highest BCUT2D eigenvalue weighted by molar-refractivity contribution is 6.35. The fourth-order valence-corrected chi connectivity index (χ4v) is 1.91. The van der Waals surface area contributed by atoms with E-state index in [1.165, 1.54) is 6.07 Å². The summed E-state index contributed by atoms with van der Waals surface area (Å²) in [4.78, 5) is 0. The number of halogens is 2. The average molecular weight is 269 g/mol. The zero-order chi connectivity index (χ0) is 12.3. The zero-order valence-electron chi connectivity index (χ0n) is 8.86. The monoisotopic (exact) mass is 268 g/mol. The van der Waals surface area contributed by atoms with Gasteiger partial charge in [-0.05, 0) is 24.3 Å². The zero-order valence-corrected chi connectivity index (χ0v) is 10.4. The van der Waals surface area contributed by atoms with Crippen LogP contribution in [0.15, 0.2) is 42.5 Å². The number of hydrogen-bond donors (Lipinski definition) is 1. The molecule has 0 bridgehead atoms. The molecule has 17 heavy (non-hydrogen) atoms. The van der Waals surface area contributed by atoms with Crippen LogP contribution in [0.5, 0.6) is 11.5 Å². The number of phenols is 1. The normalized spacial score (nSPS) is 10.2. The minimum Gasteiger partial charge on any atom is -0.508 e. The Labute approximate surface area is 109 Å². The molecule has 2 aromatic rings. The van der Waals surface area contributed by atoms with Crippen molar-refractivity contribution in [3.8, 4) is 11.5 Å².